The van der Waals surface area contributed by atoms with Crippen molar-refractivity contribution in [1.29, 1.82) is 5.26 Å². The average molecular weight is 182 g/mol. The molecular formula is C11H22N2. The van der Waals surface area contributed by atoms with Gasteiger partial charge in [-0.2, -0.15) is 0 Å². The number of hydrogen-bond acceptors (Lipinski definition) is 1. The van der Waals surface area contributed by atoms with Crippen molar-refractivity contribution in [3.8, 4) is 0 Å². The highest BCUT2D eigenvalue weighted by Gasteiger charge is 2.19. The van der Waals surface area contributed by atoms with Crippen LogP contribution in [0, 0.1) is 17.8 Å². The van der Waals surface area contributed by atoms with Gasteiger partial charge < -0.3 is 16.7 Å². The predicted octanol–water partition coefficient (Wildman–Crippen LogP) is 1.20. The number of nitrogens with zero attached hydrogens (tertiary/aromatic N) is 1. The Labute approximate surface area is 82.5 Å². The van der Waals surface area contributed by atoms with Gasteiger partial charge in [0, 0.05) is 0 Å². The standard InChI is InChI=1S/C10H21N.CN/c1-3-5-10-6-8-11(4-2)9-7-10;1-2/h10H,3-9H2,1-2H3;/q;-1/p+1. The lowest BCUT2D eigenvalue weighted by atomic mass is 9.93. The zero-order valence-corrected chi connectivity index (χ0v) is 8.97. The van der Waals surface area contributed by atoms with Crippen LogP contribution in [0.25, 0.3) is 0 Å². The number of piperidine rings is 1. The Hall–Kier alpha value is -0.550. The van der Waals surface area contributed by atoms with E-state index in [0.717, 1.165) is 5.92 Å². The van der Waals surface area contributed by atoms with Gasteiger partial charge in [0.2, 0.25) is 0 Å². The van der Waals surface area contributed by atoms with Gasteiger partial charge in [0.05, 0.1) is 19.6 Å². The Balaban J connectivity index is 0.000000671. The third kappa shape index (κ3) is 4.90. The molecule has 2 nitrogen and oxygen atoms in total. The molecule has 76 valence electrons. The Morgan fingerprint density at radius 2 is 1.77 bits per heavy atom. The van der Waals surface area contributed by atoms with Gasteiger partial charge in [-0.15, -0.1) is 0 Å². The van der Waals surface area contributed by atoms with Gasteiger partial charge in [0.25, 0.3) is 0 Å². The molecule has 0 aliphatic carbocycles. The maximum Gasteiger partial charge on any atom is 0.0773 e. The predicted molar refractivity (Wildman–Crippen MR) is 53.8 cm³/mol. The normalized spacial score (nSPS) is 27.4. The molecule has 1 heterocycles. The van der Waals surface area contributed by atoms with Gasteiger partial charge in [0.15, 0.2) is 0 Å². The Bertz CT molecular complexity index is 123. The fourth-order valence-corrected chi connectivity index (χ4v) is 2.14. The van der Waals surface area contributed by atoms with E-state index < -0.39 is 0 Å². The molecule has 0 bridgehead atoms. The molecule has 1 rings (SSSR count). The number of likely N-dealkylation sites (tertiary alicyclic amines) is 1. The van der Waals surface area contributed by atoms with Crippen molar-refractivity contribution in [2.45, 2.75) is 39.5 Å². The van der Waals surface area contributed by atoms with Crippen LogP contribution in [0.3, 0.4) is 0 Å². The molecule has 1 aliphatic heterocycles. The van der Waals surface area contributed by atoms with E-state index in [1.807, 2.05) is 4.90 Å². The summed E-state index contributed by atoms with van der Waals surface area (Å²) in [4.78, 5) is 1.82. The third-order valence-electron chi connectivity index (χ3n) is 3.01. The summed E-state index contributed by atoms with van der Waals surface area (Å²) >= 11 is 0. The molecule has 1 aliphatic rings. The SMILES string of the molecule is CCCC1CC[NH+](CC)CC1.[C-]#N. The first-order valence-corrected chi connectivity index (χ1v) is 5.42. The largest absolute Gasteiger partial charge is 0.512 e. The van der Waals surface area contributed by atoms with Crippen molar-refractivity contribution in [2.24, 2.45) is 5.92 Å². The molecule has 2 heteroatoms. The average Bonchev–Trinajstić information content (AvgIpc) is 2.23. The Kier molecular flexibility index (Phi) is 7.73. The first-order valence-electron chi connectivity index (χ1n) is 5.42. The molecular weight excluding hydrogens is 160 g/mol. The van der Waals surface area contributed by atoms with E-state index in [0.29, 0.717) is 0 Å². The first kappa shape index (κ1) is 12.4. The molecule has 1 saturated heterocycles. The van der Waals surface area contributed by atoms with E-state index in [1.165, 1.54) is 45.3 Å². The first-order chi connectivity index (χ1) is 6.36. The van der Waals surface area contributed by atoms with Crippen molar-refractivity contribution in [2.75, 3.05) is 19.6 Å². The molecule has 13 heavy (non-hydrogen) atoms. The lowest BCUT2D eigenvalue weighted by molar-refractivity contribution is -0.904. The molecule has 1 fully saturated rings. The zero-order chi connectivity index (χ0) is 10.1. The summed E-state index contributed by atoms with van der Waals surface area (Å²) in [6.45, 7) is 13.6. The van der Waals surface area contributed by atoms with Gasteiger partial charge in [-0.05, 0) is 25.7 Å². The van der Waals surface area contributed by atoms with E-state index >= 15 is 0 Å². The van der Waals surface area contributed by atoms with Crippen molar-refractivity contribution < 1.29 is 4.90 Å². The summed E-state index contributed by atoms with van der Waals surface area (Å²) in [5, 5.41) is 6.25. The zero-order valence-electron chi connectivity index (χ0n) is 8.97. The van der Waals surface area contributed by atoms with Crippen molar-refractivity contribution in [3.05, 3.63) is 6.57 Å². The number of nitrogens with one attached hydrogen (secondary N) is 1. The van der Waals surface area contributed by atoms with Crippen LogP contribution in [0.4, 0.5) is 0 Å². The van der Waals surface area contributed by atoms with E-state index in [9.17, 15) is 0 Å². The van der Waals surface area contributed by atoms with E-state index in [4.69, 9.17) is 11.8 Å². The topological polar surface area (TPSA) is 28.2 Å². The van der Waals surface area contributed by atoms with Crippen LogP contribution in [0.15, 0.2) is 0 Å². The minimum atomic E-state index is 1.07. The summed E-state index contributed by atoms with van der Waals surface area (Å²) in [6, 6.07) is 0. The highest BCUT2D eigenvalue weighted by Crippen LogP contribution is 2.15. The molecule has 1 N–H and O–H groups in total. The minimum Gasteiger partial charge on any atom is -0.512 e. The highest BCUT2D eigenvalue weighted by molar-refractivity contribution is 4.60. The van der Waals surface area contributed by atoms with Crippen LogP contribution in [0.1, 0.15) is 39.5 Å². The molecule has 0 radical (unpaired) electrons. The summed E-state index contributed by atoms with van der Waals surface area (Å²) in [5.41, 5.74) is 0. The van der Waals surface area contributed by atoms with Gasteiger partial charge in [-0.3, -0.25) is 0 Å². The van der Waals surface area contributed by atoms with Crippen molar-refractivity contribution in [3.63, 3.8) is 0 Å². The fourth-order valence-electron chi connectivity index (χ4n) is 2.14. The second kappa shape index (κ2) is 8.07. The van der Waals surface area contributed by atoms with Crippen LogP contribution in [-0.4, -0.2) is 19.6 Å². The van der Waals surface area contributed by atoms with Crippen LogP contribution in [-0.2, 0) is 0 Å². The molecule has 0 spiro atoms. The summed E-state index contributed by atoms with van der Waals surface area (Å²) < 4.78 is 0. The third-order valence-corrected chi connectivity index (χ3v) is 3.01. The van der Waals surface area contributed by atoms with Crippen LogP contribution >= 0.6 is 0 Å². The van der Waals surface area contributed by atoms with Crippen LogP contribution < -0.4 is 4.90 Å². The molecule has 0 saturated carbocycles. The monoisotopic (exact) mass is 182 g/mol. The van der Waals surface area contributed by atoms with E-state index in [1.54, 1.807) is 0 Å². The van der Waals surface area contributed by atoms with Gasteiger partial charge in [-0.25, -0.2) is 0 Å². The van der Waals surface area contributed by atoms with E-state index in [2.05, 4.69) is 13.8 Å². The van der Waals surface area contributed by atoms with Crippen molar-refractivity contribution in [1.82, 2.24) is 0 Å². The lowest BCUT2D eigenvalue weighted by Crippen LogP contribution is -3.12. The highest BCUT2D eigenvalue weighted by atomic mass is 15.1. The fraction of sp³-hybridized carbons (Fsp3) is 0.909. The maximum atomic E-state index is 6.25. The quantitative estimate of drug-likeness (QED) is 0.653. The maximum absolute atomic E-state index is 6.25. The number of hydrogen-bond donors (Lipinski definition) is 1. The lowest BCUT2D eigenvalue weighted by Gasteiger charge is -2.28. The molecule has 0 aromatic rings. The Morgan fingerprint density at radius 3 is 2.15 bits per heavy atom. The van der Waals surface area contributed by atoms with Crippen LogP contribution in [0.5, 0.6) is 0 Å². The van der Waals surface area contributed by atoms with Crippen LogP contribution in [0.2, 0.25) is 0 Å². The second-order valence-corrected chi connectivity index (χ2v) is 3.84. The number of quaternary nitrogens is 1. The molecule has 0 aromatic heterocycles. The molecule has 0 atom stereocenters. The van der Waals surface area contributed by atoms with Gasteiger partial charge >= 0.3 is 0 Å². The van der Waals surface area contributed by atoms with E-state index in [-0.39, 0.29) is 0 Å². The minimum absolute atomic E-state index is 1.07. The number of rotatable bonds is 3. The van der Waals surface area contributed by atoms with Gasteiger partial charge in [-0.1, -0.05) is 19.8 Å². The summed E-state index contributed by atoms with van der Waals surface area (Å²) in [5.74, 6) is 1.07. The van der Waals surface area contributed by atoms with Crippen molar-refractivity contribution >= 4 is 0 Å². The van der Waals surface area contributed by atoms with Gasteiger partial charge in [0.1, 0.15) is 0 Å². The molecule has 0 aromatic carbocycles. The molecule has 0 unspecified atom stereocenters. The Morgan fingerprint density at radius 1 is 1.23 bits per heavy atom. The molecule has 0 amide bonds. The summed E-state index contributed by atoms with van der Waals surface area (Å²) in [6.07, 6.45) is 5.82. The second-order valence-electron chi connectivity index (χ2n) is 3.84. The summed E-state index contributed by atoms with van der Waals surface area (Å²) in [7, 11) is 0. The smallest absolute Gasteiger partial charge is 0.0773 e.